The Morgan fingerprint density at radius 2 is 2.39 bits per heavy atom. The van der Waals surface area contributed by atoms with E-state index < -0.39 is 0 Å². The number of nitrogens with zero attached hydrogens (tertiary/aromatic N) is 2. The van der Waals surface area contributed by atoms with E-state index in [9.17, 15) is 4.79 Å². The highest BCUT2D eigenvalue weighted by atomic mass is 16.5. The fourth-order valence-electron chi connectivity index (χ4n) is 2.94. The molecule has 1 atom stereocenters. The third-order valence-corrected chi connectivity index (χ3v) is 4.33. The summed E-state index contributed by atoms with van der Waals surface area (Å²) >= 11 is 0. The Labute approximate surface area is 135 Å². The molecule has 1 aliphatic heterocycles. The molecule has 2 heterocycles. The summed E-state index contributed by atoms with van der Waals surface area (Å²) in [5.74, 6) is 1.92. The largest absolute Gasteiger partial charge is 0.497 e. The molecular weight excluding hydrogens is 294 g/mol. The summed E-state index contributed by atoms with van der Waals surface area (Å²) in [4.78, 5) is 22.2. The van der Waals surface area contributed by atoms with Gasteiger partial charge in [-0.2, -0.15) is 0 Å². The number of carbonyl (C=O) groups excluding carboxylic acids is 1. The SMILES string of the molecule is CCN(CCc1nc2ccc(OC)cc2[nH]1)C(=O)[C@@H]1CCOC1. The van der Waals surface area contributed by atoms with E-state index in [0.29, 0.717) is 32.7 Å². The average Bonchev–Trinajstić information content (AvgIpc) is 3.23. The second-order valence-electron chi connectivity index (χ2n) is 5.79. The van der Waals surface area contributed by atoms with E-state index in [2.05, 4.69) is 9.97 Å². The van der Waals surface area contributed by atoms with Crippen LogP contribution in [0.25, 0.3) is 11.0 Å². The van der Waals surface area contributed by atoms with Crippen molar-refractivity contribution in [1.29, 1.82) is 0 Å². The summed E-state index contributed by atoms with van der Waals surface area (Å²) in [6, 6.07) is 5.77. The first-order valence-electron chi connectivity index (χ1n) is 8.10. The van der Waals surface area contributed by atoms with E-state index in [4.69, 9.17) is 9.47 Å². The van der Waals surface area contributed by atoms with E-state index in [0.717, 1.165) is 29.0 Å². The topological polar surface area (TPSA) is 67.5 Å². The summed E-state index contributed by atoms with van der Waals surface area (Å²) in [5.41, 5.74) is 1.87. The van der Waals surface area contributed by atoms with Crippen molar-refractivity contribution in [3.63, 3.8) is 0 Å². The number of amides is 1. The first kappa shape index (κ1) is 15.8. The molecule has 3 rings (SSSR count). The van der Waals surface area contributed by atoms with Crippen molar-refractivity contribution >= 4 is 16.9 Å². The van der Waals surface area contributed by atoms with Gasteiger partial charge in [0.2, 0.25) is 5.91 Å². The van der Waals surface area contributed by atoms with Crippen molar-refractivity contribution in [1.82, 2.24) is 14.9 Å². The lowest BCUT2D eigenvalue weighted by atomic mass is 10.1. The molecule has 6 heteroatoms. The van der Waals surface area contributed by atoms with Crippen LogP contribution >= 0.6 is 0 Å². The minimum absolute atomic E-state index is 0.0230. The Bertz CT molecular complexity index is 677. The number of carbonyl (C=O) groups is 1. The molecule has 1 amide bonds. The number of imidazole rings is 1. The minimum atomic E-state index is 0.0230. The van der Waals surface area contributed by atoms with Crippen molar-refractivity contribution in [2.45, 2.75) is 19.8 Å². The molecule has 1 N–H and O–H groups in total. The molecule has 0 bridgehead atoms. The molecule has 2 aromatic rings. The zero-order valence-electron chi connectivity index (χ0n) is 13.7. The molecule has 1 aromatic carbocycles. The van der Waals surface area contributed by atoms with Crippen LogP contribution in [-0.4, -0.2) is 54.2 Å². The quantitative estimate of drug-likeness (QED) is 0.885. The molecule has 0 unspecified atom stereocenters. The van der Waals surface area contributed by atoms with Crippen LogP contribution in [0.5, 0.6) is 5.75 Å². The fourth-order valence-corrected chi connectivity index (χ4v) is 2.94. The molecule has 1 saturated heterocycles. The van der Waals surface area contributed by atoms with Crippen molar-refractivity contribution in [3.8, 4) is 5.75 Å². The normalized spacial score (nSPS) is 17.6. The van der Waals surface area contributed by atoms with Gasteiger partial charge < -0.3 is 19.4 Å². The van der Waals surface area contributed by atoms with Crippen molar-refractivity contribution in [2.24, 2.45) is 5.92 Å². The number of rotatable bonds is 6. The third-order valence-electron chi connectivity index (χ3n) is 4.33. The first-order chi connectivity index (χ1) is 11.2. The molecule has 0 saturated carbocycles. The van der Waals surface area contributed by atoms with Crippen molar-refractivity contribution < 1.29 is 14.3 Å². The number of hydrogen-bond acceptors (Lipinski definition) is 4. The number of H-pyrrole nitrogens is 1. The Hall–Kier alpha value is -2.08. The number of fused-ring (bicyclic) bond motifs is 1. The van der Waals surface area contributed by atoms with Gasteiger partial charge in [-0.25, -0.2) is 4.98 Å². The summed E-state index contributed by atoms with van der Waals surface area (Å²) in [6.07, 6.45) is 1.55. The lowest BCUT2D eigenvalue weighted by molar-refractivity contribution is -0.135. The molecule has 0 spiro atoms. The summed E-state index contributed by atoms with van der Waals surface area (Å²) in [7, 11) is 1.65. The van der Waals surface area contributed by atoms with Crippen LogP contribution < -0.4 is 4.74 Å². The number of benzene rings is 1. The van der Waals surface area contributed by atoms with Crippen LogP contribution in [0.3, 0.4) is 0 Å². The maximum Gasteiger partial charge on any atom is 0.228 e. The van der Waals surface area contributed by atoms with Gasteiger partial charge in [-0.3, -0.25) is 4.79 Å². The van der Waals surface area contributed by atoms with Gasteiger partial charge in [0.25, 0.3) is 0 Å². The highest BCUT2D eigenvalue weighted by molar-refractivity contribution is 5.79. The number of nitrogens with one attached hydrogen (secondary N) is 1. The zero-order valence-corrected chi connectivity index (χ0v) is 13.7. The van der Waals surface area contributed by atoms with Gasteiger partial charge >= 0.3 is 0 Å². The maximum absolute atomic E-state index is 12.5. The van der Waals surface area contributed by atoms with Crippen molar-refractivity contribution in [3.05, 3.63) is 24.0 Å². The monoisotopic (exact) mass is 317 g/mol. The Morgan fingerprint density at radius 1 is 1.52 bits per heavy atom. The van der Waals surface area contributed by atoms with Gasteiger partial charge in [0.15, 0.2) is 0 Å². The van der Waals surface area contributed by atoms with Gasteiger partial charge in [-0.15, -0.1) is 0 Å². The van der Waals surface area contributed by atoms with Gasteiger partial charge in [0.05, 0.1) is 30.7 Å². The number of hydrogen-bond donors (Lipinski definition) is 1. The standard InChI is InChI=1S/C17H23N3O3/c1-3-20(17(21)12-7-9-23-11-12)8-6-16-18-14-5-4-13(22-2)10-15(14)19-16/h4-5,10,12H,3,6-9,11H2,1-2H3,(H,18,19)/t12-/m1/s1. The molecule has 6 nitrogen and oxygen atoms in total. The highest BCUT2D eigenvalue weighted by Crippen LogP contribution is 2.19. The lowest BCUT2D eigenvalue weighted by Gasteiger charge is -2.23. The van der Waals surface area contributed by atoms with Crippen LogP contribution in [-0.2, 0) is 16.0 Å². The van der Waals surface area contributed by atoms with Crippen LogP contribution in [0.2, 0.25) is 0 Å². The first-order valence-corrected chi connectivity index (χ1v) is 8.10. The Morgan fingerprint density at radius 3 is 3.09 bits per heavy atom. The zero-order chi connectivity index (χ0) is 16.2. The predicted octanol–water partition coefficient (Wildman–Crippen LogP) is 2.00. The number of methoxy groups -OCH3 is 1. The number of aromatic nitrogens is 2. The molecule has 0 radical (unpaired) electrons. The molecule has 124 valence electrons. The van der Waals surface area contributed by atoms with Crippen LogP contribution in [0.4, 0.5) is 0 Å². The second kappa shape index (κ2) is 7.00. The Balaban J connectivity index is 1.65. The summed E-state index contributed by atoms with van der Waals surface area (Å²) < 4.78 is 10.5. The summed E-state index contributed by atoms with van der Waals surface area (Å²) in [5, 5.41) is 0. The highest BCUT2D eigenvalue weighted by Gasteiger charge is 2.27. The van der Waals surface area contributed by atoms with E-state index in [1.165, 1.54) is 0 Å². The van der Waals surface area contributed by atoms with E-state index in [1.54, 1.807) is 7.11 Å². The lowest BCUT2D eigenvalue weighted by Crippen LogP contribution is -2.37. The number of ether oxygens (including phenoxy) is 2. The van der Waals surface area contributed by atoms with Crippen LogP contribution in [0, 0.1) is 5.92 Å². The molecule has 1 aromatic heterocycles. The van der Waals surface area contributed by atoms with Crippen LogP contribution in [0.1, 0.15) is 19.2 Å². The fraction of sp³-hybridized carbons (Fsp3) is 0.529. The van der Waals surface area contributed by atoms with Gasteiger partial charge in [-0.1, -0.05) is 0 Å². The van der Waals surface area contributed by atoms with Crippen LogP contribution in [0.15, 0.2) is 18.2 Å². The molecular formula is C17H23N3O3. The predicted molar refractivity (Wildman–Crippen MR) is 87.5 cm³/mol. The van der Waals surface area contributed by atoms with E-state index in [-0.39, 0.29) is 11.8 Å². The third kappa shape index (κ3) is 3.47. The van der Waals surface area contributed by atoms with Gasteiger partial charge in [-0.05, 0) is 25.5 Å². The average molecular weight is 317 g/mol. The molecule has 0 aliphatic carbocycles. The second-order valence-corrected chi connectivity index (χ2v) is 5.79. The van der Waals surface area contributed by atoms with E-state index >= 15 is 0 Å². The van der Waals surface area contributed by atoms with Crippen molar-refractivity contribution in [2.75, 3.05) is 33.4 Å². The van der Waals surface area contributed by atoms with E-state index in [1.807, 2.05) is 30.0 Å². The van der Waals surface area contributed by atoms with Gasteiger partial charge in [0, 0.05) is 32.2 Å². The number of likely N-dealkylation sites (N-methyl/N-ethyl adjacent to an activating group) is 1. The minimum Gasteiger partial charge on any atom is -0.497 e. The van der Waals surface area contributed by atoms with Gasteiger partial charge in [0.1, 0.15) is 11.6 Å². The number of aromatic amines is 1. The summed E-state index contributed by atoms with van der Waals surface area (Å²) in [6.45, 7) is 4.64. The molecule has 23 heavy (non-hydrogen) atoms. The smallest absolute Gasteiger partial charge is 0.228 e. The molecule has 1 aliphatic rings. The molecule has 1 fully saturated rings. The maximum atomic E-state index is 12.5. The Kier molecular flexibility index (Phi) is 4.81.